The van der Waals surface area contributed by atoms with E-state index in [4.69, 9.17) is 9.84 Å². The Kier molecular flexibility index (Phi) is 4.70. The molecule has 0 radical (unpaired) electrons. The Bertz CT molecular complexity index is 377. The average molecular weight is 236 g/mol. The van der Waals surface area contributed by atoms with Crippen LogP contribution < -0.4 is 0 Å². The highest BCUT2D eigenvalue weighted by atomic mass is 16.5. The molecule has 0 spiro atoms. The van der Waals surface area contributed by atoms with E-state index >= 15 is 0 Å². The fourth-order valence-electron chi connectivity index (χ4n) is 1.42. The zero-order valence-electron chi connectivity index (χ0n) is 10.7. The van der Waals surface area contributed by atoms with Gasteiger partial charge in [0.1, 0.15) is 0 Å². The second-order valence-electron chi connectivity index (χ2n) is 5.33. The van der Waals surface area contributed by atoms with E-state index < -0.39 is 5.97 Å². The fourth-order valence-corrected chi connectivity index (χ4v) is 1.42. The van der Waals surface area contributed by atoms with E-state index in [9.17, 15) is 4.79 Å². The first-order chi connectivity index (χ1) is 7.90. The summed E-state index contributed by atoms with van der Waals surface area (Å²) in [5.74, 6) is -0.903. The minimum absolute atomic E-state index is 0.242. The molecule has 0 heterocycles. The van der Waals surface area contributed by atoms with Crippen molar-refractivity contribution in [3.63, 3.8) is 0 Å². The largest absolute Gasteiger partial charge is 0.478 e. The number of hydrogen-bond donors (Lipinski definition) is 1. The van der Waals surface area contributed by atoms with Crippen molar-refractivity contribution >= 4 is 5.97 Å². The molecule has 1 rings (SSSR count). The maximum Gasteiger partial charge on any atom is 0.336 e. The van der Waals surface area contributed by atoms with Crippen molar-refractivity contribution in [2.24, 2.45) is 5.41 Å². The molecule has 0 saturated heterocycles. The number of aromatic carboxylic acids is 1. The SMILES string of the molecule is CC(C)(C)CCOCc1ccccc1C(=O)O. The Hall–Kier alpha value is -1.35. The monoisotopic (exact) mass is 236 g/mol. The van der Waals surface area contributed by atoms with Gasteiger partial charge in [0.2, 0.25) is 0 Å². The second-order valence-corrected chi connectivity index (χ2v) is 5.33. The predicted molar refractivity (Wildman–Crippen MR) is 67.1 cm³/mol. The summed E-state index contributed by atoms with van der Waals surface area (Å²) in [7, 11) is 0. The predicted octanol–water partition coefficient (Wildman–Crippen LogP) is 3.34. The van der Waals surface area contributed by atoms with E-state index in [0.29, 0.717) is 18.8 Å². The van der Waals surface area contributed by atoms with Crippen molar-refractivity contribution in [2.75, 3.05) is 6.61 Å². The van der Waals surface area contributed by atoms with Gasteiger partial charge < -0.3 is 9.84 Å². The Labute approximate surface area is 102 Å². The first-order valence-corrected chi connectivity index (χ1v) is 5.79. The highest BCUT2D eigenvalue weighted by Gasteiger charge is 2.11. The molecule has 0 fully saturated rings. The number of carbonyl (C=O) groups is 1. The Balaban J connectivity index is 2.49. The molecule has 0 bridgehead atoms. The van der Waals surface area contributed by atoms with Crippen LogP contribution >= 0.6 is 0 Å². The quantitative estimate of drug-likeness (QED) is 0.797. The number of ether oxygens (including phenoxy) is 1. The lowest BCUT2D eigenvalue weighted by atomic mass is 9.93. The molecular formula is C14H20O3. The van der Waals surface area contributed by atoms with Gasteiger partial charge in [-0.3, -0.25) is 0 Å². The van der Waals surface area contributed by atoms with Gasteiger partial charge >= 0.3 is 5.97 Å². The standard InChI is InChI=1S/C14H20O3/c1-14(2,3)8-9-17-10-11-6-4-5-7-12(11)13(15)16/h4-7H,8-10H2,1-3H3,(H,15,16). The third-order valence-corrected chi connectivity index (χ3v) is 2.50. The number of benzene rings is 1. The summed E-state index contributed by atoms with van der Waals surface area (Å²) >= 11 is 0. The molecule has 0 aliphatic rings. The van der Waals surface area contributed by atoms with Crippen LogP contribution in [0.2, 0.25) is 0 Å². The molecule has 1 N–H and O–H groups in total. The van der Waals surface area contributed by atoms with Gasteiger partial charge in [-0.15, -0.1) is 0 Å². The molecule has 0 saturated carbocycles. The molecule has 0 aliphatic heterocycles. The fraction of sp³-hybridized carbons (Fsp3) is 0.500. The van der Waals surface area contributed by atoms with Gasteiger partial charge in [-0.1, -0.05) is 39.0 Å². The average Bonchev–Trinajstić information content (AvgIpc) is 2.23. The Morgan fingerprint density at radius 3 is 2.53 bits per heavy atom. The van der Waals surface area contributed by atoms with E-state index in [2.05, 4.69) is 20.8 Å². The minimum Gasteiger partial charge on any atom is -0.478 e. The normalized spacial score (nSPS) is 11.5. The summed E-state index contributed by atoms with van der Waals surface area (Å²) in [5.41, 5.74) is 1.30. The molecule has 1 aromatic rings. The van der Waals surface area contributed by atoms with Crippen LogP contribution in [0.15, 0.2) is 24.3 Å². The third kappa shape index (κ3) is 5.00. The molecule has 0 atom stereocenters. The lowest BCUT2D eigenvalue weighted by Gasteiger charge is -2.17. The zero-order chi connectivity index (χ0) is 12.9. The minimum atomic E-state index is -0.903. The lowest BCUT2D eigenvalue weighted by molar-refractivity contribution is 0.0681. The molecular weight excluding hydrogens is 216 g/mol. The number of carboxylic acid groups (broad SMARTS) is 1. The van der Waals surface area contributed by atoms with Crippen LogP contribution in [-0.2, 0) is 11.3 Å². The molecule has 17 heavy (non-hydrogen) atoms. The van der Waals surface area contributed by atoms with Gasteiger partial charge in [0.05, 0.1) is 12.2 Å². The highest BCUT2D eigenvalue weighted by molar-refractivity contribution is 5.89. The molecule has 94 valence electrons. The summed E-state index contributed by atoms with van der Waals surface area (Å²) in [4.78, 5) is 11.0. The number of rotatable bonds is 5. The number of carboxylic acids is 1. The van der Waals surface area contributed by atoms with Crippen LogP contribution in [0.5, 0.6) is 0 Å². The summed E-state index contributed by atoms with van der Waals surface area (Å²) < 4.78 is 5.52. The van der Waals surface area contributed by atoms with Crippen LogP contribution in [0.1, 0.15) is 43.1 Å². The number of hydrogen-bond acceptors (Lipinski definition) is 2. The summed E-state index contributed by atoms with van der Waals surface area (Å²) in [6.07, 6.45) is 0.961. The van der Waals surface area contributed by atoms with Crippen molar-refractivity contribution in [2.45, 2.75) is 33.8 Å². The molecule has 3 heteroatoms. The van der Waals surface area contributed by atoms with E-state index in [1.54, 1.807) is 18.2 Å². The summed E-state index contributed by atoms with van der Waals surface area (Å²) in [6, 6.07) is 6.95. The molecule has 0 amide bonds. The van der Waals surface area contributed by atoms with Crippen molar-refractivity contribution in [1.82, 2.24) is 0 Å². The topological polar surface area (TPSA) is 46.5 Å². The van der Waals surface area contributed by atoms with Crippen molar-refractivity contribution in [3.8, 4) is 0 Å². The van der Waals surface area contributed by atoms with Crippen molar-refractivity contribution in [3.05, 3.63) is 35.4 Å². The molecule has 0 unspecified atom stereocenters. The van der Waals surface area contributed by atoms with Gasteiger partial charge in [0, 0.05) is 6.61 Å². The van der Waals surface area contributed by atoms with Gasteiger partial charge in [-0.25, -0.2) is 4.79 Å². The van der Waals surface area contributed by atoms with Gasteiger partial charge in [-0.05, 0) is 23.5 Å². The maximum absolute atomic E-state index is 11.0. The third-order valence-electron chi connectivity index (χ3n) is 2.50. The van der Waals surface area contributed by atoms with Crippen LogP contribution in [0.3, 0.4) is 0 Å². The van der Waals surface area contributed by atoms with E-state index in [-0.39, 0.29) is 5.41 Å². The lowest BCUT2D eigenvalue weighted by Crippen LogP contribution is -2.10. The summed E-state index contributed by atoms with van der Waals surface area (Å²) in [6.45, 7) is 7.47. The van der Waals surface area contributed by atoms with Gasteiger partial charge in [-0.2, -0.15) is 0 Å². The molecule has 0 aromatic heterocycles. The van der Waals surface area contributed by atoms with Crippen LogP contribution in [0.4, 0.5) is 0 Å². The van der Waals surface area contributed by atoms with Crippen LogP contribution in [-0.4, -0.2) is 17.7 Å². The molecule has 3 nitrogen and oxygen atoms in total. The van der Waals surface area contributed by atoms with E-state index in [0.717, 1.165) is 12.0 Å². The van der Waals surface area contributed by atoms with Gasteiger partial charge in [0.25, 0.3) is 0 Å². The van der Waals surface area contributed by atoms with Crippen molar-refractivity contribution in [1.29, 1.82) is 0 Å². The van der Waals surface area contributed by atoms with Crippen LogP contribution in [0, 0.1) is 5.41 Å². The Morgan fingerprint density at radius 2 is 1.94 bits per heavy atom. The zero-order valence-corrected chi connectivity index (χ0v) is 10.7. The highest BCUT2D eigenvalue weighted by Crippen LogP contribution is 2.18. The van der Waals surface area contributed by atoms with Gasteiger partial charge in [0.15, 0.2) is 0 Å². The smallest absolute Gasteiger partial charge is 0.336 e. The first-order valence-electron chi connectivity index (χ1n) is 5.79. The second kappa shape index (κ2) is 5.82. The van der Waals surface area contributed by atoms with Crippen LogP contribution in [0.25, 0.3) is 0 Å². The first kappa shape index (κ1) is 13.7. The molecule has 1 aromatic carbocycles. The maximum atomic E-state index is 11.0. The van der Waals surface area contributed by atoms with E-state index in [1.165, 1.54) is 0 Å². The summed E-state index contributed by atoms with van der Waals surface area (Å²) in [5, 5.41) is 9.00. The molecule has 0 aliphatic carbocycles. The Morgan fingerprint density at radius 1 is 1.29 bits per heavy atom. The van der Waals surface area contributed by atoms with E-state index in [1.807, 2.05) is 6.07 Å². The van der Waals surface area contributed by atoms with Crippen molar-refractivity contribution < 1.29 is 14.6 Å².